The maximum Gasteiger partial charge on any atom is 0.337 e. The van der Waals surface area contributed by atoms with Crippen LogP contribution in [-0.4, -0.2) is 28.5 Å². The lowest BCUT2D eigenvalue weighted by molar-refractivity contribution is -0.116. The van der Waals surface area contributed by atoms with Gasteiger partial charge in [0.1, 0.15) is 11.4 Å². The van der Waals surface area contributed by atoms with Gasteiger partial charge in [0.25, 0.3) is 5.56 Å². The fourth-order valence-corrected chi connectivity index (χ4v) is 4.45. The van der Waals surface area contributed by atoms with E-state index in [0.29, 0.717) is 21.5 Å². The third-order valence-electron chi connectivity index (χ3n) is 5.14. The molecule has 2 aromatic heterocycles. The second kappa shape index (κ2) is 8.76. The number of esters is 1. The molecule has 4 aromatic rings. The number of hydrogen-bond donors (Lipinski definition) is 1. The Bertz CT molecular complexity index is 1390. The zero-order valence-electron chi connectivity index (χ0n) is 17.8. The summed E-state index contributed by atoms with van der Waals surface area (Å²) in [6.07, 6.45) is 1.40. The zero-order valence-corrected chi connectivity index (χ0v) is 18.7. The molecule has 0 saturated heterocycles. The Morgan fingerprint density at radius 2 is 1.84 bits per heavy atom. The highest BCUT2D eigenvalue weighted by Crippen LogP contribution is 2.33. The average molecular weight is 448 g/mol. The van der Waals surface area contributed by atoms with Crippen molar-refractivity contribution < 1.29 is 14.3 Å². The smallest absolute Gasteiger partial charge is 0.337 e. The van der Waals surface area contributed by atoms with Gasteiger partial charge in [-0.15, -0.1) is 11.3 Å². The van der Waals surface area contributed by atoms with E-state index in [-0.39, 0.29) is 18.0 Å². The standard InChI is InChI=1S/C24H21N3O4S/c1-14-4-9-18(15(2)10-14)19-12-32-22-21(19)23(29)27(13-25-22)11-20(28)26-17-7-5-16(6-8-17)24(30)31-3/h4-10,12-13H,11H2,1-3H3,(H,26,28). The summed E-state index contributed by atoms with van der Waals surface area (Å²) in [4.78, 5) is 42.3. The normalized spacial score (nSPS) is 10.8. The van der Waals surface area contributed by atoms with Crippen molar-refractivity contribution in [1.29, 1.82) is 0 Å². The van der Waals surface area contributed by atoms with Gasteiger partial charge in [0.15, 0.2) is 0 Å². The molecule has 0 atom stereocenters. The number of thiophene rings is 1. The molecule has 162 valence electrons. The molecule has 0 saturated carbocycles. The van der Waals surface area contributed by atoms with Crippen molar-refractivity contribution in [2.45, 2.75) is 20.4 Å². The van der Waals surface area contributed by atoms with Crippen LogP contribution in [0.25, 0.3) is 21.3 Å². The van der Waals surface area contributed by atoms with Crippen molar-refractivity contribution in [1.82, 2.24) is 9.55 Å². The first-order valence-electron chi connectivity index (χ1n) is 9.90. The van der Waals surface area contributed by atoms with Gasteiger partial charge in [-0.1, -0.05) is 23.8 Å². The molecular weight excluding hydrogens is 426 g/mol. The molecule has 0 aliphatic heterocycles. The maximum atomic E-state index is 13.2. The van der Waals surface area contributed by atoms with Crippen molar-refractivity contribution >= 4 is 39.1 Å². The molecule has 7 nitrogen and oxygen atoms in total. The second-order valence-electron chi connectivity index (χ2n) is 7.44. The number of carbonyl (C=O) groups is 2. The molecule has 0 spiro atoms. The van der Waals surface area contributed by atoms with Crippen LogP contribution in [-0.2, 0) is 16.1 Å². The predicted molar refractivity (Wildman–Crippen MR) is 125 cm³/mol. The van der Waals surface area contributed by atoms with E-state index in [1.165, 1.54) is 29.3 Å². The number of carbonyl (C=O) groups excluding carboxylic acids is 2. The quantitative estimate of drug-likeness (QED) is 0.464. The Morgan fingerprint density at radius 1 is 1.09 bits per heavy atom. The van der Waals surface area contributed by atoms with Crippen LogP contribution in [0.15, 0.2) is 59.0 Å². The summed E-state index contributed by atoms with van der Waals surface area (Å²) in [6, 6.07) is 12.4. The summed E-state index contributed by atoms with van der Waals surface area (Å²) in [5.41, 5.74) is 4.67. The number of anilines is 1. The van der Waals surface area contributed by atoms with Crippen LogP contribution in [0.1, 0.15) is 21.5 Å². The van der Waals surface area contributed by atoms with Crippen LogP contribution in [0.2, 0.25) is 0 Å². The molecule has 2 aromatic carbocycles. The van der Waals surface area contributed by atoms with Crippen molar-refractivity contribution in [3.8, 4) is 11.1 Å². The lowest BCUT2D eigenvalue weighted by Crippen LogP contribution is -2.27. The van der Waals surface area contributed by atoms with Crippen molar-refractivity contribution in [2.24, 2.45) is 0 Å². The Morgan fingerprint density at radius 3 is 2.53 bits per heavy atom. The van der Waals surface area contributed by atoms with E-state index >= 15 is 0 Å². The summed E-state index contributed by atoms with van der Waals surface area (Å²) >= 11 is 1.41. The van der Waals surface area contributed by atoms with Gasteiger partial charge in [-0.25, -0.2) is 9.78 Å². The molecule has 0 aliphatic carbocycles. The van der Waals surface area contributed by atoms with Gasteiger partial charge < -0.3 is 10.1 Å². The first kappa shape index (κ1) is 21.5. The summed E-state index contributed by atoms with van der Waals surface area (Å²) in [6.45, 7) is 3.86. The number of aryl methyl sites for hydroxylation is 2. The van der Waals surface area contributed by atoms with E-state index in [9.17, 15) is 14.4 Å². The largest absolute Gasteiger partial charge is 0.465 e. The number of fused-ring (bicyclic) bond motifs is 1. The number of nitrogens with one attached hydrogen (secondary N) is 1. The lowest BCUT2D eigenvalue weighted by atomic mass is 9.99. The predicted octanol–water partition coefficient (Wildman–Crippen LogP) is 4.17. The highest BCUT2D eigenvalue weighted by molar-refractivity contribution is 7.17. The van der Waals surface area contributed by atoms with Crippen LogP contribution >= 0.6 is 11.3 Å². The van der Waals surface area contributed by atoms with E-state index in [1.54, 1.807) is 24.3 Å². The fraction of sp³-hybridized carbons (Fsp3) is 0.167. The molecule has 8 heteroatoms. The average Bonchev–Trinajstić information content (AvgIpc) is 3.20. The molecule has 0 unspecified atom stereocenters. The van der Waals surface area contributed by atoms with Gasteiger partial charge in [0, 0.05) is 16.6 Å². The number of methoxy groups -OCH3 is 1. The van der Waals surface area contributed by atoms with Crippen LogP contribution in [0, 0.1) is 13.8 Å². The third kappa shape index (κ3) is 4.17. The minimum absolute atomic E-state index is 0.178. The first-order chi connectivity index (χ1) is 15.4. The fourth-order valence-electron chi connectivity index (χ4n) is 3.56. The number of nitrogens with zero attached hydrogens (tertiary/aromatic N) is 2. The molecule has 0 fully saturated rings. The lowest BCUT2D eigenvalue weighted by Gasteiger charge is -2.09. The highest BCUT2D eigenvalue weighted by Gasteiger charge is 2.16. The van der Waals surface area contributed by atoms with Gasteiger partial charge in [0.05, 0.1) is 24.4 Å². The summed E-state index contributed by atoms with van der Waals surface area (Å²) in [7, 11) is 1.31. The highest BCUT2D eigenvalue weighted by atomic mass is 32.1. The van der Waals surface area contributed by atoms with E-state index in [0.717, 1.165) is 22.3 Å². The van der Waals surface area contributed by atoms with Gasteiger partial charge >= 0.3 is 5.97 Å². The van der Waals surface area contributed by atoms with Crippen molar-refractivity contribution in [3.63, 3.8) is 0 Å². The van der Waals surface area contributed by atoms with E-state index in [4.69, 9.17) is 0 Å². The van der Waals surface area contributed by atoms with Gasteiger partial charge in [-0.05, 0) is 49.2 Å². The van der Waals surface area contributed by atoms with E-state index in [1.807, 2.05) is 31.4 Å². The molecule has 0 radical (unpaired) electrons. The molecule has 2 heterocycles. The van der Waals surface area contributed by atoms with Gasteiger partial charge in [0.2, 0.25) is 5.91 Å². The van der Waals surface area contributed by atoms with E-state index < -0.39 is 5.97 Å². The molecule has 1 N–H and O–H groups in total. The van der Waals surface area contributed by atoms with E-state index in [2.05, 4.69) is 21.1 Å². The van der Waals surface area contributed by atoms with Crippen molar-refractivity contribution in [3.05, 3.63) is 81.2 Å². The molecule has 4 rings (SSSR count). The van der Waals surface area contributed by atoms with Gasteiger partial charge in [-0.3, -0.25) is 14.2 Å². The molecule has 32 heavy (non-hydrogen) atoms. The topological polar surface area (TPSA) is 90.3 Å². The Hall–Kier alpha value is -3.78. The molecule has 1 amide bonds. The van der Waals surface area contributed by atoms with Gasteiger partial charge in [-0.2, -0.15) is 0 Å². The Kier molecular flexibility index (Phi) is 5.87. The number of hydrogen-bond acceptors (Lipinski definition) is 6. The SMILES string of the molecule is COC(=O)c1ccc(NC(=O)Cn2cnc3scc(-c4ccc(C)cc4C)c3c2=O)cc1. The molecule has 0 bridgehead atoms. The van der Waals surface area contributed by atoms with Crippen LogP contribution in [0.5, 0.6) is 0 Å². The summed E-state index contributed by atoms with van der Waals surface area (Å²) in [5.74, 6) is -0.827. The number of aromatic nitrogens is 2. The molecular formula is C24H21N3O4S. The molecule has 0 aliphatic rings. The van der Waals surface area contributed by atoms with Crippen LogP contribution in [0.4, 0.5) is 5.69 Å². The summed E-state index contributed by atoms with van der Waals surface area (Å²) < 4.78 is 5.97. The first-order valence-corrected chi connectivity index (χ1v) is 10.8. The Labute approximate surface area is 188 Å². The minimum atomic E-state index is -0.454. The number of amides is 1. The monoisotopic (exact) mass is 447 g/mol. The van der Waals surface area contributed by atoms with Crippen LogP contribution in [0.3, 0.4) is 0 Å². The number of ether oxygens (including phenoxy) is 1. The van der Waals surface area contributed by atoms with Crippen molar-refractivity contribution in [2.75, 3.05) is 12.4 Å². The number of rotatable bonds is 5. The zero-order chi connectivity index (χ0) is 22.8. The second-order valence-corrected chi connectivity index (χ2v) is 8.30. The summed E-state index contributed by atoms with van der Waals surface area (Å²) in [5, 5.41) is 5.18. The minimum Gasteiger partial charge on any atom is -0.465 e. The maximum absolute atomic E-state index is 13.2. The Balaban J connectivity index is 1.60. The third-order valence-corrected chi connectivity index (χ3v) is 6.02. The number of benzene rings is 2. The van der Waals surface area contributed by atoms with Crippen LogP contribution < -0.4 is 10.9 Å².